The molecule has 0 aliphatic heterocycles. The normalized spacial score (nSPS) is 11.1. The number of halogens is 1. The van der Waals surface area contributed by atoms with Gasteiger partial charge in [0.25, 0.3) is 0 Å². The molecule has 0 aliphatic carbocycles. The summed E-state index contributed by atoms with van der Waals surface area (Å²) in [6.07, 6.45) is 0. The van der Waals surface area contributed by atoms with Crippen molar-refractivity contribution in [1.29, 1.82) is 0 Å². The van der Waals surface area contributed by atoms with Crippen molar-refractivity contribution in [3.05, 3.63) is 53.6 Å². The Kier molecular flexibility index (Phi) is 4.50. The zero-order valence-corrected chi connectivity index (χ0v) is 12.5. The van der Waals surface area contributed by atoms with Crippen LogP contribution in [0.25, 0.3) is 0 Å². The Balaban J connectivity index is 2.20. The minimum Gasteiger partial charge on any atom is -0.398 e. The summed E-state index contributed by atoms with van der Waals surface area (Å²) >= 11 is 5.87. The maximum Gasteiger partial charge on any atom is 0.239 e. The lowest BCUT2D eigenvalue weighted by Crippen LogP contribution is -2.23. The maximum absolute atomic E-state index is 12.2. The van der Waals surface area contributed by atoms with Crippen molar-refractivity contribution in [3.8, 4) is 0 Å². The second-order valence-electron chi connectivity index (χ2n) is 4.33. The summed E-state index contributed by atoms with van der Waals surface area (Å²) in [5.74, 6) is -1.38. The van der Waals surface area contributed by atoms with Crippen LogP contribution in [-0.2, 0) is 14.6 Å². The lowest BCUT2D eigenvalue weighted by molar-refractivity contribution is -0.113. The molecular formula is C14H13ClN2O3S. The predicted octanol–water partition coefficient (Wildman–Crippen LogP) is 2.33. The minimum absolute atomic E-state index is 0.00233. The molecule has 2 aromatic carbocycles. The van der Waals surface area contributed by atoms with Crippen LogP contribution in [0.3, 0.4) is 0 Å². The minimum atomic E-state index is -3.91. The number of hydrogen-bond donors (Lipinski definition) is 2. The third kappa shape index (κ3) is 3.74. The molecule has 110 valence electrons. The van der Waals surface area contributed by atoms with Gasteiger partial charge < -0.3 is 11.1 Å². The second-order valence-corrected chi connectivity index (χ2v) is 6.67. The summed E-state index contributed by atoms with van der Waals surface area (Å²) in [4.78, 5) is 11.6. The number of nitrogens with two attached hydrogens (primary N) is 1. The molecule has 0 saturated carbocycles. The lowest BCUT2D eigenvalue weighted by Gasteiger charge is -2.09. The molecule has 0 spiro atoms. The molecule has 2 aromatic rings. The van der Waals surface area contributed by atoms with E-state index in [1.54, 1.807) is 36.4 Å². The number of anilines is 2. The monoisotopic (exact) mass is 324 g/mol. The number of para-hydroxylation sites is 1. The Morgan fingerprint density at radius 1 is 1.10 bits per heavy atom. The van der Waals surface area contributed by atoms with Crippen LogP contribution in [-0.4, -0.2) is 20.1 Å². The number of carbonyl (C=O) groups excluding carboxylic acids is 1. The highest BCUT2D eigenvalue weighted by molar-refractivity contribution is 7.92. The number of rotatable bonds is 4. The summed E-state index contributed by atoms with van der Waals surface area (Å²) in [6, 6.07) is 13.0. The summed E-state index contributed by atoms with van der Waals surface area (Å²) in [5.41, 5.74) is 6.18. The number of benzene rings is 2. The topological polar surface area (TPSA) is 89.3 Å². The van der Waals surface area contributed by atoms with Gasteiger partial charge in [-0.05, 0) is 24.3 Å². The second kappa shape index (κ2) is 6.15. The van der Waals surface area contributed by atoms with E-state index >= 15 is 0 Å². The molecule has 0 heterocycles. The molecule has 2 rings (SSSR count). The van der Waals surface area contributed by atoms with Gasteiger partial charge in [-0.2, -0.15) is 0 Å². The van der Waals surface area contributed by atoms with Crippen LogP contribution < -0.4 is 11.1 Å². The number of nitrogens with one attached hydrogen (secondary N) is 1. The van der Waals surface area contributed by atoms with Gasteiger partial charge in [0.1, 0.15) is 10.6 Å². The molecule has 0 aliphatic rings. The van der Waals surface area contributed by atoms with Gasteiger partial charge in [-0.25, -0.2) is 8.42 Å². The van der Waals surface area contributed by atoms with E-state index in [1.807, 2.05) is 0 Å². The van der Waals surface area contributed by atoms with Gasteiger partial charge in [0, 0.05) is 5.69 Å². The third-order valence-electron chi connectivity index (χ3n) is 2.69. The van der Waals surface area contributed by atoms with Crippen LogP contribution in [0.5, 0.6) is 0 Å². The van der Waals surface area contributed by atoms with Gasteiger partial charge in [-0.1, -0.05) is 35.9 Å². The smallest absolute Gasteiger partial charge is 0.239 e. The van der Waals surface area contributed by atoms with Crippen molar-refractivity contribution in [2.75, 3.05) is 16.8 Å². The highest BCUT2D eigenvalue weighted by Gasteiger charge is 2.24. The number of nitrogen functional groups attached to an aromatic ring is 1. The van der Waals surface area contributed by atoms with Crippen LogP contribution >= 0.6 is 11.6 Å². The van der Waals surface area contributed by atoms with Gasteiger partial charge in [0.2, 0.25) is 5.91 Å². The zero-order valence-electron chi connectivity index (χ0n) is 10.9. The molecule has 21 heavy (non-hydrogen) atoms. The third-order valence-corrected chi connectivity index (χ3v) is 4.83. The molecule has 5 nitrogen and oxygen atoms in total. The quantitative estimate of drug-likeness (QED) is 0.845. The first-order chi connectivity index (χ1) is 9.90. The van der Waals surface area contributed by atoms with Crippen molar-refractivity contribution in [2.45, 2.75) is 4.90 Å². The Bertz CT molecular complexity index is 741. The molecule has 7 heteroatoms. The van der Waals surface area contributed by atoms with E-state index in [-0.39, 0.29) is 15.6 Å². The fraction of sp³-hybridized carbons (Fsp3) is 0.0714. The van der Waals surface area contributed by atoms with Crippen molar-refractivity contribution in [1.82, 2.24) is 0 Å². The van der Waals surface area contributed by atoms with E-state index in [9.17, 15) is 13.2 Å². The fourth-order valence-corrected chi connectivity index (χ4v) is 3.71. The lowest BCUT2D eigenvalue weighted by atomic mass is 10.3. The van der Waals surface area contributed by atoms with E-state index in [2.05, 4.69) is 5.32 Å². The Hall–Kier alpha value is -2.05. The highest BCUT2D eigenvalue weighted by Crippen LogP contribution is 2.28. The number of sulfone groups is 1. The first-order valence-corrected chi connectivity index (χ1v) is 8.05. The van der Waals surface area contributed by atoms with Gasteiger partial charge >= 0.3 is 0 Å². The van der Waals surface area contributed by atoms with Gasteiger partial charge in [0.05, 0.1) is 10.7 Å². The summed E-state index contributed by atoms with van der Waals surface area (Å²) in [6.45, 7) is 0. The molecule has 0 fully saturated rings. The molecule has 0 aromatic heterocycles. The van der Waals surface area contributed by atoms with E-state index in [0.717, 1.165) is 0 Å². The fourth-order valence-electron chi connectivity index (χ4n) is 1.82. The highest BCUT2D eigenvalue weighted by atomic mass is 35.5. The number of carbonyl (C=O) groups is 1. The number of hydrogen-bond acceptors (Lipinski definition) is 4. The van der Waals surface area contributed by atoms with Crippen LogP contribution in [0.4, 0.5) is 11.4 Å². The molecule has 1 amide bonds. The molecule has 0 atom stereocenters. The largest absolute Gasteiger partial charge is 0.398 e. The van der Waals surface area contributed by atoms with E-state index < -0.39 is 21.5 Å². The van der Waals surface area contributed by atoms with Crippen molar-refractivity contribution >= 4 is 38.7 Å². The summed E-state index contributed by atoms with van der Waals surface area (Å²) in [5, 5.41) is 2.51. The molecule has 0 radical (unpaired) electrons. The van der Waals surface area contributed by atoms with Crippen LogP contribution in [0.1, 0.15) is 0 Å². The maximum atomic E-state index is 12.2. The molecule has 0 saturated heterocycles. The van der Waals surface area contributed by atoms with Gasteiger partial charge in [-0.15, -0.1) is 0 Å². The van der Waals surface area contributed by atoms with Crippen molar-refractivity contribution in [2.24, 2.45) is 0 Å². The molecule has 0 unspecified atom stereocenters. The Morgan fingerprint density at radius 3 is 2.38 bits per heavy atom. The van der Waals surface area contributed by atoms with E-state index in [4.69, 9.17) is 17.3 Å². The van der Waals surface area contributed by atoms with Crippen LogP contribution in [0.2, 0.25) is 5.02 Å². The average Bonchev–Trinajstić information content (AvgIpc) is 2.38. The standard InChI is InChI=1S/C14H13ClN2O3S/c15-11-7-4-8-12(16)14(11)21(19,20)9-13(18)17-10-5-2-1-3-6-10/h1-8H,9,16H2,(H,17,18). The first kappa shape index (κ1) is 15.3. The van der Waals surface area contributed by atoms with Crippen molar-refractivity contribution < 1.29 is 13.2 Å². The number of amides is 1. The zero-order chi connectivity index (χ0) is 15.5. The van der Waals surface area contributed by atoms with Crippen LogP contribution in [0, 0.1) is 0 Å². The van der Waals surface area contributed by atoms with E-state index in [0.29, 0.717) is 5.69 Å². The van der Waals surface area contributed by atoms with Gasteiger partial charge in [-0.3, -0.25) is 4.79 Å². The average molecular weight is 325 g/mol. The van der Waals surface area contributed by atoms with E-state index in [1.165, 1.54) is 12.1 Å². The van der Waals surface area contributed by atoms with Crippen LogP contribution in [0.15, 0.2) is 53.4 Å². The molecule has 3 N–H and O–H groups in total. The SMILES string of the molecule is Nc1cccc(Cl)c1S(=O)(=O)CC(=O)Nc1ccccc1. The van der Waals surface area contributed by atoms with Gasteiger partial charge in [0.15, 0.2) is 9.84 Å². The Morgan fingerprint density at radius 2 is 1.76 bits per heavy atom. The molecule has 0 bridgehead atoms. The summed E-state index contributed by atoms with van der Waals surface area (Å²) in [7, 11) is -3.91. The predicted molar refractivity (Wildman–Crippen MR) is 83.0 cm³/mol. The molecular weight excluding hydrogens is 312 g/mol. The Labute approximate surface area is 127 Å². The first-order valence-electron chi connectivity index (χ1n) is 6.02. The van der Waals surface area contributed by atoms with Crippen molar-refractivity contribution in [3.63, 3.8) is 0 Å². The summed E-state index contributed by atoms with van der Waals surface area (Å²) < 4.78 is 24.5.